The van der Waals surface area contributed by atoms with E-state index in [4.69, 9.17) is 9.47 Å². The van der Waals surface area contributed by atoms with Crippen molar-refractivity contribution in [3.05, 3.63) is 29.8 Å². The molecule has 6 nitrogen and oxygen atoms in total. The number of nitrogens with zero attached hydrogens (tertiary/aromatic N) is 1. The van der Waals surface area contributed by atoms with E-state index in [2.05, 4.69) is 11.4 Å². The molecule has 1 aliphatic carbocycles. The summed E-state index contributed by atoms with van der Waals surface area (Å²) in [6, 6.07) is 9.71. The van der Waals surface area contributed by atoms with Gasteiger partial charge < -0.3 is 14.8 Å². The quantitative estimate of drug-likeness (QED) is 0.732. The molecule has 0 unspecified atom stereocenters. The molecule has 0 aromatic heterocycles. The van der Waals surface area contributed by atoms with Gasteiger partial charge in [0.05, 0.1) is 12.7 Å². The lowest BCUT2D eigenvalue weighted by atomic mass is 10.00. The van der Waals surface area contributed by atoms with Gasteiger partial charge in [-0.05, 0) is 50.7 Å². The molecule has 1 saturated carbocycles. The number of hydrogen-bond acceptors (Lipinski definition) is 5. The van der Waals surface area contributed by atoms with Crippen LogP contribution in [0.4, 0.5) is 0 Å². The fourth-order valence-corrected chi connectivity index (χ4v) is 3.01. The van der Waals surface area contributed by atoms with E-state index in [9.17, 15) is 14.9 Å². The topological polar surface area (TPSA) is 88.4 Å². The van der Waals surface area contributed by atoms with Gasteiger partial charge in [-0.2, -0.15) is 5.26 Å². The van der Waals surface area contributed by atoms with Crippen LogP contribution in [0.1, 0.15) is 44.6 Å². The Morgan fingerprint density at radius 2 is 2.00 bits per heavy atom. The maximum absolute atomic E-state index is 11.9. The van der Waals surface area contributed by atoms with Gasteiger partial charge in [0.15, 0.2) is 6.61 Å². The number of nitriles is 1. The van der Waals surface area contributed by atoms with Crippen LogP contribution >= 0.6 is 0 Å². The largest absolute Gasteiger partial charge is 0.494 e. The van der Waals surface area contributed by atoms with Gasteiger partial charge in [0, 0.05) is 6.42 Å². The molecule has 0 atom stereocenters. The summed E-state index contributed by atoms with van der Waals surface area (Å²) in [5, 5.41) is 11.9. The average molecular weight is 344 g/mol. The van der Waals surface area contributed by atoms with Gasteiger partial charge in [-0.25, -0.2) is 0 Å². The third kappa shape index (κ3) is 5.49. The Balaban J connectivity index is 1.76. The van der Waals surface area contributed by atoms with Crippen molar-refractivity contribution in [1.82, 2.24) is 5.32 Å². The number of amides is 1. The van der Waals surface area contributed by atoms with E-state index in [1.807, 2.05) is 31.2 Å². The maximum atomic E-state index is 11.9. The highest BCUT2D eigenvalue weighted by atomic mass is 16.5. The Bertz CT molecular complexity index is 645. The third-order valence-corrected chi connectivity index (χ3v) is 4.28. The molecule has 25 heavy (non-hydrogen) atoms. The number of benzene rings is 1. The van der Waals surface area contributed by atoms with Gasteiger partial charge in [-0.15, -0.1) is 0 Å². The summed E-state index contributed by atoms with van der Waals surface area (Å²) in [5.41, 5.74) is 0.139. The van der Waals surface area contributed by atoms with Crippen LogP contribution in [0.15, 0.2) is 24.3 Å². The average Bonchev–Trinajstić information content (AvgIpc) is 3.08. The summed E-state index contributed by atoms with van der Waals surface area (Å²) in [7, 11) is 0. The summed E-state index contributed by atoms with van der Waals surface area (Å²) in [6.07, 6.45) is 3.80. The summed E-state index contributed by atoms with van der Waals surface area (Å²) in [4.78, 5) is 23.8. The van der Waals surface area contributed by atoms with Crippen LogP contribution < -0.4 is 10.1 Å². The minimum absolute atomic E-state index is 0.167. The lowest BCUT2D eigenvalue weighted by Crippen LogP contribution is -2.46. The molecule has 0 spiro atoms. The molecular formula is C19H24N2O4. The number of rotatable bonds is 8. The number of aryl methyl sites for hydroxylation is 1. The molecule has 0 radical (unpaired) electrons. The SMILES string of the molecule is CCOc1ccccc1CCC(=O)OCC(=O)NC1(C#N)CCCC1. The van der Waals surface area contributed by atoms with E-state index < -0.39 is 17.4 Å². The van der Waals surface area contributed by atoms with Gasteiger partial charge >= 0.3 is 5.97 Å². The Hall–Kier alpha value is -2.55. The van der Waals surface area contributed by atoms with Crippen LogP contribution in [0.5, 0.6) is 5.75 Å². The second kappa shape index (κ2) is 9.07. The monoisotopic (exact) mass is 344 g/mol. The summed E-state index contributed by atoms with van der Waals surface area (Å²) < 4.78 is 10.5. The van der Waals surface area contributed by atoms with Crippen molar-refractivity contribution < 1.29 is 19.1 Å². The molecule has 134 valence electrons. The highest BCUT2D eigenvalue weighted by molar-refractivity contribution is 5.81. The van der Waals surface area contributed by atoms with Crippen LogP contribution in [-0.2, 0) is 20.7 Å². The Labute approximate surface area is 148 Å². The van der Waals surface area contributed by atoms with Gasteiger partial charge in [-0.1, -0.05) is 18.2 Å². The molecule has 2 rings (SSSR count). The highest BCUT2D eigenvalue weighted by Crippen LogP contribution is 2.28. The van der Waals surface area contributed by atoms with E-state index >= 15 is 0 Å². The number of ether oxygens (including phenoxy) is 2. The van der Waals surface area contributed by atoms with Crippen molar-refractivity contribution in [2.24, 2.45) is 0 Å². The molecule has 1 aromatic rings. The predicted octanol–water partition coefficient (Wildman–Crippen LogP) is 2.51. The van der Waals surface area contributed by atoms with Gasteiger partial charge in [0.2, 0.25) is 0 Å². The molecule has 6 heteroatoms. The van der Waals surface area contributed by atoms with E-state index in [0.29, 0.717) is 25.9 Å². The van der Waals surface area contributed by atoms with E-state index in [-0.39, 0.29) is 13.0 Å². The van der Waals surface area contributed by atoms with Crippen LogP contribution in [-0.4, -0.2) is 30.6 Å². The standard InChI is InChI=1S/C19H24N2O4/c1-2-24-16-8-4-3-7-15(16)9-10-18(23)25-13-17(22)21-19(14-20)11-5-6-12-19/h3-4,7-8H,2,5-6,9-13H2,1H3,(H,21,22). The number of para-hydroxylation sites is 1. The zero-order valence-corrected chi connectivity index (χ0v) is 14.5. The molecule has 1 fully saturated rings. The van der Waals surface area contributed by atoms with Crippen LogP contribution in [0, 0.1) is 11.3 Å². The Kier molecular flexibility index (Phi) is 6.81. The first-order chi connectivity index (χ1) is 12.1. The molecule has 0 saturated heterocycles. The first-order valence-corrected chi connectivity index (χ1v) is 8.67. The molecule has 1 aliphatic rings. The fourth-order valence-electron chi connectivity index (χ4n) is 3.01. The molecule has 1 N–H and O–H groups in total. The van der Waals surface area contributed by atoms with Crippen LogP contribution in [0.2, 0.25) is 0 Å². The van der Waals surface area contributed by atoms with E-state index in [1.54, 1.807) is 0 Å². The normalized spacial score (nSPS) is 15.2. The lowest BCUT2D eigenvalue weighted by molar-refractivity contribution is -0.148. The van der Waals surface area contributed by atoms with Crippen LogP contribution in [0.25, 0.3) is 0 Å². The van der Waals surface area contributed by atoms with Gasteiger partial charge in [0.25, 0.3) is 5.91 Å². The molecule has 1 aromatic carbocycles. The van der Waals surface area contributed by atoms with Gasteiger partial charge in [-0.3, -0.25) is 9.59 Å². The molecule has 0 heterocycles. The predicted molar refractivity (Wildman–Crippen MR) is 91.8 cm³/mol. The third-order valence-electron chi connectivity index (χ3n) is 4.28. The summed E-state index contributed by atoms with van der Waals surface area (Å²) in [6.45, 7) is 2.11. The van der Waals surface area contributed by atoms with Crippen molar-refractivity contribution in [3.63, 3.8) is 0 Å². The molecule has 0 aliphatic heterocycles. The number of hydrogen-bond donors (Lipinski definition) is 1. The van der Waals surface area contributed by atoms with Crippen LogP contribution in [0.3, 0.4) is 0 Å². The first kappa shape index (κ1) is 18.8. The van der Waals surface area contributed by atoms with Gasteiger partial charge in [0.1, 0.15) is 11.3 Å². The zero-order chi connectivity index (χ0) is 18.1. The van der Waals surface area contributed by atoms with Crippen molar-refractivity contribution in [2.45, 2.75) is 51.0 Å². The van der Waals surface area contributed by atoms with Crippen molar-refractivity contribution in [2.75, 3.05) is 13.2 Å². The fraction of sp³-hybridized carbons (Fsp3) is 0.526. The Morgan fingerprint density at radius 3 is 2.68 bits per heavy atom. The number of carbonyl (C=O) groups excluding carboxylic acids is 2. The smallest absolute Gasteiger partial charge is 0.306 e. The summed E-state index contributed by atoms with van der Waals surface area (Å²) in [5.74, 6) is -0.113. The minimum Gasteiger partial charge on any atom is -0.494 e. The number of esters is 1. The van der Waals surface area contributed by atoms with Crippen molar-refractivity contribution in [3.8, 4) is 11.8 Å². The van der Waals surface area contributed by atoms with Crippen molar-refractivity contribution in [1.29, 1.82) is 5.26 Å². The van der Waals surface area contributed by atoms with E-state index in [0.717, 1.165) is 24.2 Å². The maximum Gasteiger partial charge on any atom is 0.306 e. The molecule has 1 amide bonds. The molecular weight excluding hydrogens is 320 g/mol. The number of carbonyl (C=O) groups is 2. The minimum atomic E-state index is -0.792. The number of nitrogens with one attached hydrogen (secondary N) is 1. The van der Waals surface area contributed by atoms with Crippen molar-refractivity contribution >= 4 is 11.9 Å². The summed E-state index contributed by atoms with van der Waals surface area (Å²) >= 11 is 0. The van der Waals surface area contributed by atoms with E-state index in [1.165, 1.54) is 0 Å². The first-order valence-electron chi connectivity index (χ1n) is 8.67. The second-order valence-electron chi connectivity index (χ2n) is 6.15. The highest BCUT2D eigenvalue weighted by Gasteiger charge is 2.35. The lowest BCUT2D eigenvalue weighted by Gasteiger charge is -2.21. The molecule has 0 bridgehead atoms. The Morgan fingerprint density at radius 1 is 1.28 bits per heavy atom. The zero-order valence-electron chi connectivity index (χ0n) is 14.5. The second-order valence-corrected chi connectivity index (χ2v) is 6.15.